The first-order chi connectivity index (χ1) is 8.54. The summed E-state index contributed by atoms with van der Waals surface area (Å²) < 4.78 is 0. The quantitative estimate of drug-likeness (QED) is 0.780. The van der Waals surface area contributed by atoms with Crippen molar-refractivity contribution in [1.29, 1.82) is 0 Å². The van der Waals surface area contributed by atoms with Crippen molar-refractivity contribution in [2.75, 3.05) is 18.1 Å². The average Bonchev–Trinajstić information content (AvgIpc) is 2.34. The van der Waals surface area contributed by atoms with Gasteiger partial charge >= 0.3 is 0 Å². The van der Waals surface area contributed by atoms with Crippen molar-refractivity contribution in [1.82, 2.24) is 5.32 Å². The number of nitrogens with zero attached hydrogens (tertiary/aromatic N) is 1. The molecule has 0 bridgehead atoms. The topological polar surface area (TPSA) is 35.5 Å². The van der Waals surface area contributed by atoms with E-state index in [-0.39, 0.29) is 6.61 Å². The molecule has 0 atom stereocenters. The Labute approximate surface area is 111 Å². The summed E-state index contributed by atoms with van der Waals surface area (Å²) in [4.78, 5) is 2.21. The standard InChI is InChI=1S/C15H26N2O/c1-12(2)16-11-14-5-7-15(8-6-14)17(9-10-18)13(3)4/h5-8,12-13,16,18H,9-11H2,1-4H3. The van der Waals surface area contributed by atoms with E-state index < -0.39 is 0 Å². The molecule has 1 rings (SSSR count). The van der Waals surface area contributed by atoms with Crippen LogP contribution in [0.25, 0.3) is 0 Å². The molecular weight excluding hydrogens is 224 g/mol. The van der Waals surface area contributed by atoms with Gasteiger partial charge in [-0.05, 0) is 31.5 Å². The molecule has 3 heteroatoms. The third-order valence-corrected chi connectivity index (χ3v) is 2.95. The lowest BCUT2D eigenvalue weighted by Crippen LogP contribution is -2.33. The Hall–Kier alpha value is -1.06. The third kappa shape index (κ3) is 4.67. The van der Waals surface area contributed by atoms with Crippen LogP contribution in [0, 0.1) is 0 Å². The summed E-state index contributed by atoms with van der Waals surface area (Å²) in [5.41, 5.74) is 2.47. The van der Waals surface area contributed by atoms with Crippen molar-refractivity contribution in [2.24, 2.45) is 0 Å². The normalized spacial score (nSPS) is 11.3. The summed E-state index contributed by atoms with van der Waals surface area (Å²) in [6, 6.07) is 9.47. The van der Waals surface area contributed by atoms with Crippen molar-refractivity contribution < 1.29 is 5.11 Å². The van der Waals surface area contributed by atoms with E-state index in [0.717, 1.165) is 6.54 Å². The highest BCUT2D eigenvalue weighted by Gasteiger charge is 2.09. The molecule has 0 amide bonds. The van der Waals surface area contributed by atoms with Gasteiger partial charge in [0, 0.05) is 30.9 Å². The lowest BCUT2D eigenvalue weighted by Gasteiger charge is -2.28. The molecule has 0 aliphatic heterocycles. The summed E-state index contributed by atoms with van der Waals surface area (Å²) in [6.45, 7) is 10.4. The van der Waals surface area contributed by atoms with Crippen LogP contribution in [-0.2, 0) is 6.54 Å². The van der Waals surface area contributed by atoms with Gasteiger partial charge in [-0.1, -0.05) is 26.0 Å². The Bertz CT molecular complexity index is 333. The highest BCUT2D eigenvalue weighted by molar-refractivity contribution is 5.48. The van der Waals surface area contributed by atoms with Gasteiger partial charge in [0.1, 0.15) is 0 Å². The molecule has 0 radical (unpaired) electrons. The van der Waals surface area contributed by atoms with Crippen LogP contribution in [0.5, 0.6) is 0 Å². The summed E-state index contributed by atoms with van der Waals surface area (Å²) in [5, 5.41) is 12.5. The first-order valence-corrected chi connectivity index (χ1v) is 6.74. The molecule has 0 saturated carbocycles. The van der Waals surface area contributed by atoms with Gasteiger partial charge in [-0.25, -0.2) is 0 Å². The number of hydrogen-bond acceptors (Lipinski definition) is 3. The number of anilines is 1. The number of rotatable bonds is 7. The highest BCUT2D eigenvalue weighted by Crippen LogP contribution is 2.17. The van der Waals surface area contributed by atoms with Gasteiger partial charge in [0.2, 0.25) is 0 Å². The second-order valence-corrected chi connectivity index (χ2v) is 5.21. The summed E-state index contributed by atoms with van der Waals surface area (Å²) in [6.07, 6.45) is 0. The van der Waals surface area contributed by atoms with Crippen molar-refractivity contribution in [3.63, 3.8) is 0 Å². The second-order valence-electron chi connectivity index (χ2n) is 5.21. The monoisotopic (exact) mass is 250 g/mol. The lowest BCUT2D eigenvalue weighted by atomic mass is 10.1. The lowest BCUT2D eigenvalue weighted by molar-refractivity contribution is 0.299. The van der Waals surface area contributed by atoms with Crippen molar-refractivity contribution >= 4 is 5.69 Å². The molecule has 0 saturated heterocycles. The van der Waals surface area contributed by atoms with Crippen LogP contribution in [0.15, 0.2) is 24.3 Å². The summed E-state index contributed by atoms with van der Waals surface area (Å²) in [7, 11) is 0. The van der Waals surface area contributed by atoms with Crippen LogP contribution in [0.1, 0.15) is 33.3 Å². The fourth-order valence-electron chi connectivity index (χ4n) is 1.92. The third-order valence-electron chi connectivity index (χ3n) is 2.95. The average molecular weight is 250 g/mol. The largest absolute Gasteiger partial charge is 0.395 e. The molecule has 1 aromatic rings. The molecule has 18 heavy (non-hydrogen) atoms. The van der Waals surface area contributed by atoms with Gasteiger partial charge in [0.15, 0.2) is 0 Å². The first-order valence-electron chi connectivity index (χ1n) is 6.74. The van der Waals surface area contributed by atoms with Gasteiger partial charge < -0.3 is 15.3 Å². The molecule has 0 aliphatic rings. The number of nitrogens with one attached hydrogen (secondary N) is 1. The van der Waals surface area contributed by atoms with E-state index in [1.54, 1.807) is 0 Å². The zero-order chi connectivity index (χ0) is 13.5. The SMILES string of the molecule is CC(C)NCc1ccc(N(CCO)C(C)C)cc1. The maximum atomic E-state index is 9.10. The van der Waals surface area contributed by atoms with Crippen LogP contribution < -0.4 is 10.2 Å². The van der Waals surface area contributed by atoms with Gasteiger partial charge in [0.25, 0.3) is 0 Å². The molecule has 0 fully saturated rings. The molecule has 0 heterocycles. The van der Waals surface area contributed by atoms with Crippen molar-refractivity contribution in [3.8, 4) is 0 Å². The van der Waals surface area contributed by atoms with E-state index in [0.29, 0.717) is 18.6 Å². The Morgan fingerprint density at radius 2 is 1.72 bits per heavy atom. The molecule has 2 N–H and O–H groups in total. The Kier molecular flexibility index (Phi) is 6.16. The van der Waals surface area contributed by atoms with Crippen LogP contribution in [0.4, 0.5) is 5.69 Å². The Morgan fingerprint density at radius 3 is 2.17 bits per heavy atom. The smallest absolute Gasteiger partial charge is 0.0606 e. The molecule has 0 aromatic heterocycles. The minimum absolute atomic E-state index is 0.189. The minimum Gasteiger partial charge on any atom is -0.395 e. The number of aliphatic hydroxyl groups excluding tert-OH is 1. The zero-order valence-corrected chi connectivity index (χ0v) is 12.0. The van der Waals surface area contributed by atoms with E-state index in [1.165, 1.54) is 11.3 Å². The van der Waals surface area contributed by atoms with E-state index in [2.05, 4.69) is 62.2 Å². The van der Waals surface area contributed by atoms with E-state index in [1.807, 2.05) is 0 Å². The minimum atomic E-state index is 0.189. The number of benzene rings is 1. The maximum absolute atomic E-state index is 9.10. The fourth-order valence-corrected chi connectivity index (χ4v) is 1.92. The van der Waals surface area contributed by atoms with Crippen LogP contribution in [0.3, 0.4) is 0 Å². The molecule has 102 valence electrons. The van der Waals surface area contributed by atoms with Crippen LogP contribution in [0.2, 0.25) is 0 Å². The van der Waals surface area contributed by atoms with E-state index >= 15 is 0 Å². The van der Waals surface area contributed by atoms with Crippen molar-refractivity contribution in [3.05, 3.63) is 29.8 Å². The zero-order valence-electron chi connectivity index (χ0n) is 12.0. The Morgan fingerprint density at radius 1 is 1.11 bits per heavy atom. The fraction of sp³-hybridized carbons (Fsp3) is 0.600. The van der Waals surface area contributed by atoms with Crippen molar-refractivity contribution in [2.45, 2.75) is 46.3 Å². The van der Waals surface area contributed by atoms with E-state index in [4.69, 9.17) is 5.11 Å². The van der Waals surface area contributed by atoms with Gasteiger partial charge in [0.05, 0.1) is 6.61 Å². The first kappa shape index (κ1) is 15.0. The summed E-state index contributed by atoms with van der Waals surface area (Å²) >= 11 is 0. The Balaban J connectivity index is 2.68. The van der Waals surface area contributed by atoms with Gasteiger partial charge in [-0.15, -0.1) is 0 Å². The predicted molar refractivity (Wildman–Crippen MR) is 78.0 cm³/mol. The maximum Gasteiger partial charge on any atom is 0.0606 e. The van der Waals surface area contributed by atoms with Crippen LogP contribution >= 0.6 is 0 Å². The molecular formula is C15H26N2O. The molecule has 0 unspecified atom stereocenters. The molecule has 0 spiro atoms. The number of aliphatic hydroxyl groups is 1. The molecule has 1 aromatic carbocycles. The van der Waals surface area contributed by atoms with Crippen LogP contribution in [-0.4, -0.2) is 30.3 Å². The predicted octanol–water partition coefficient (Wildman–Crippen LogP) is 2.39. The summed E-state index contributed by atoms with van der Waals surface area (Å²) in [5.74, 6) is 0. The molecule has 3 nitrogen and oxygen atoms in total. The van der Waals surface area contributed by atoms with Gasteiger partial charge in [-0.2, -0.15) is 0 Å². The molecule has 0 aliphatic carbocycles. The number of hydrogen-bond donors (Lipinski definition) is 2. The van der Waals surface area contributed by atoms with Gasteiger partial charge in [-0.3, -0.25) is 0 Å². The highest BCUT2D eigenvalue weighted by atomic mass is 16.3. The second kappa shape index (κ2) is 7.39. The van der Waals surface area contributed by atoms with E-state index in [9.17, 15) is 0 Å².